The number of nitrogens with one attached hydrogen (secondary N) is 1. The first kappa shape index (κ1) is 12.7. The maximum Gasteiger partial charge on any atom is 0.221 e. The second-order valence-electron chi connectivity index (χ2n) is 2.61. The molecule has 13 heavy (non-hydrogen) atoms. The lowest BCUT2D eigenvalue weighted by atomic mass is 10.3. The van der Waals surface area contributed by atoms with Crippen LogP contribution in [0.4, 0.5) is 4.39 Å². The van der Waals surface area contributed by atoms with E-state index in [0.29, 0.717) is 4.91 Å². The molecule has 0 amide bonds. The molecule has 0 atom stereocenters. The summed E-state index contributed by atoms with van der Waals surface area (Å²) < 4.78 is 13.0. The molecule has 0 fully saturated rings. The van der Waals surface area contributed by atoms with Gasteiger partial charge in [0.15, 0.2) is 0 Å². The summed E-state index contributed by atoms with van der Waals surface area (Å²) in [4.78, 5) is 4.34. The van der Waals surface area contributed by atoms with Gasteiger partial charge in [-0.15, -0.1) is 11.8 Å². The number of halogens is 1. The van der Waals surface area contributed by atoms with Gasteiger partial charge >= 0.3 is 0 Å². The average molecular weight is 204 g/mol. The van der Waals surface area contributed by atoms with Crippen LogP contribution in [0.1, 0.15) is 19.8 Å². The van der Waals surface area contributed by atoms with Crippen molar-refractivity contribution in [2.24, 2.45) is 4.99 Å². The highest BCUT2D eigenvalue weighted by Gasteiger charge is 1.95. The van der Waals surface area contributed by atoms with Crippen LogP contribution in [0.2, 0.25) is 0 Å². The summed E-state index contributed by atoms with van der Waals surface area (Å²) in [6.07, 6.45) is 5.28. The van der Waals surface area contributed by atoms with Gasteiger partial charge in [0.2, 0.25) is 5.95 Å². The summed E-state index contributed by atoms with van der Waals surface area (Å²) in [5, 5.41) is 3.02. The van der Waals surface area contributed by atoms with Crippen molar-refractivity contribution in [2.45, 2.75) is 19.8 Å². The van der Waals surface area contributed by atoms with Crippen LogP contribution in [0.3, 0.4) is 0 Å². The summed E-state index contributed by atoms with van der Waals surface area (Å²) in [6, 6.07) is 0. The second kappa shape index (κ2) is 8.26. The molecule has 0 saturated carbocycles. The fourth-order valence-corrected chi connectivity index (χ4v) is 0.911. The van der Waals surface area contributed by atoms with Crippen molar-refractivity contribution in [3.8, 4) is 0 Å². The first-order valence-corrected chi connectivity index (χ1v) is 5.52. The Morgan fingerprint density at radius 1 is 1.62 bits per heavy atom. The number of unbranched alkanes of at least 4 members (excludes halogenated alkanes) is 1. The van der Waals surface area contributed by atoms with E-state index in [-0.39, 0.29) is 5.95 Å². The highest BCUT2D eigenvalue weighted by atomic mass is 32.2. The molecular formula is C9H17FN2S. The monoisotopic (exact) mass is 204 g/mol. The van der Waals surface area contributed by atoms with E-state index in [0.717, 1.165) is 19.4 Å². The van der Waals surface area contributed by atoms with E-state index in [4.69, 9.17) is 0 Å². The van der Waals surface area contributed by atoms with Gasteiger partial charge < -0.3 is 5.32 Å². The van der Waals surface area contributed by atoms with Crippen molar-refractivity contribution in [1.29, 1.82) is 0 Å². The first-order chi connectivity index (χ1) is 6.22. The first-order valence-electron chi connectivity index (χ1n) is 4.29. The number of allylic oxidation sites excluding steroid dienone is 1. The standard InChI is InChI=1S/C9H17FN2S/c1-8(13-3)9(10)12-7-5-4-6-11-2/h7,11H,4-6H2,1-3H3/b9-8-,12-7+. The Kier molecular flexibility index (Phi) is 8.04. The van der Waals surface area contributed by atoms with Crippen LogP contribution >= 0.6 is 11.8 Å². The molecule has 0 aliphatic heterocycles. The van der Waals surface area contributed by atoms with Crippen molar-refractivity contribution >= 4 is 18.0 Å². The molecule has 0 saturated heterocycles. The third kappa shape index (κ3) is 6.78. The molecule has 0 heterocycles. The zero-order valence-electron chi connectivity index (χ0n) is 8.43. The molecule has 1 N–H and O–H groups in total. The van der Waals surface area contributed by atoms with E-state index in [9.17, 15) is 4.39 Å². The lowest BCUT2D eigenvalue weighted by Gasteiger charge is -1.95. The SMILES string of the molecule is CNCCC/C=N/C(F)=C(/C)SC. The zero-order valence-corrected chi connectivity index (χ0v) is 9.25. The van der Waals surface area contributed by atoms with Crippen LogP contribution in [0.15, 0.2) is 15.8 Å². The fourth-order valence-electron chi connectivity index (χ4n) is 0.690. The van der Waals surface area contributed by atoms with Crippen molar-refractivity contribution in [3.05, 3.63) is 10.9 Å². The van der Waals surface area contributed by atoms with Gasteiger partial charge in [0, 0.05) is 11.1 Å². The molecule has 4 heteroatoms. The van der Waals surface area contributed by atoms with Gasteiger partial charge in [-0.2, -0.15) is 4.39 Å². The molecule has 0 radical (unpaired) electrons. The minimum atomic E-state index is -0.364. The van der Waals surface area contributed by atoms with E-state index in [2.05, 4.69) is 10.3 Å². The highest BCUT2D eigenvalue weighted by Crippen LogP contribution is 2.17. The Hall–Kier alpha value is -0.350. The van der Waals surface area contributed by atoms with Crippen LogP contribution in [-0.2, 0) is 0 Å². The largest absolute Gasteiger partial charge is 0.320 e. The molecule has 0 bridgehead atoms. The quantitative estimate of drug-likeness (QED) is 0.408. The van der Waals surface area contributed by atoms with Crippen LogP contribution in [0, 0.1) is 0 Å². The van der Waals surface area contributed by atoms with Crippen LogP contribution < -0.4 is 5.32 Å². The van der Waals surface area contributed by atoms with Crippen molar-refractivity contribution in [1.82, 2.24) is 5.32 Å². The van der Waals surface area contributed by atoms with Crippen molar-refractivity contribution < 1.29 is 4.39 Å². The van der Waals surface area contributed by atoms with Gasteiger partial charge in [0.05, 0.1) is 0 Å². The second-order valence-corrected chi connectivity index (χ2v) is 3.63. The summed E-state index contributed by atoms with van der Waals surface area (Å²) in [5.74, 6) is -0.364. The minimum Gasteiger partial charge on any atom is -0.320 e. The molecule has 0 aliphatic carbocycles. The molecule has 0 aromatic carbocycles. The Bertz CT molecular complexity index is 190. The van der Waals surface area contributed by atoms with Crippen LogP contribution in [0.5, 0.6) is 0 Å². The third-order valence-corrected chi connectivity index (χ3v) is 2.34. The lowest BCUT2D eigenvalue weighted by Crippen LogP contribution is -2.07. The third-order valence-electron chi connectivity index (χ3n) is 1.56. The lowest BCUT2D eigenvalue weighted by molar-refractivity contribution is 0.623. The van der Waals surface area contributed by atoms with E-state index in [1.165, 1.54) is 11.8 Å². The normalized spacial score (nSPS) is 13.5. The summed E-state index contributed by atoms with van der Waals surface area (Å²) in [5.41, 5.74) is 0. The topological polar surface area (TPSA) is 24.4 Å². The van der Waals surface area contributed by atoms with Crippen LogP contribution in [-0.4, -0.2) is 26.1 Å². The number of aliphatic imine (C=N–C) groups is 1. The molecule has 0 aliphatic rings. The predicted octanol–water partition coefficient (Wildman–Crippen LogP) is 2.58. The van der Waals surface area contributed by atoms with E-state index in [1.54, 1.807) is 13.1 Å². The fraction of sp³-hybridized carbons (Fsp3) is 0.667. The Labute approximate surface area is 83.7 Å². The molecule has 0 aromatic rings. The maximum absolute atomic E-state index is 13.0. The summed E-state index contributed by atoms with van der Waals surface area (Å²) in [6.45, 7) is 2.67. The van der Waals surface area contributed by atoms with E-state index >= 15 is 0 Å². The Morgan fingerprint density at radius 2 is 2.31 bits per heavy atom. The minimum absolute atomic E-state index is 0.364. The molecule has 0 unspecified atom stereocenters. The number of hydrogen-bond acceptors (Lipinski definition) is 3. The number of hydrogen-bond donors (Lipinski definition) is 1. The van der Waals surface area contributed by atoms with Gasteiger partial charge in [0.1, 0.15) is 0 Å². The Morgan fingerprint density at radius 3 is 2.85 bits per heavy atom. The molecule has 0 aromatic heterocycles. The number of thioether (sulfide) groups is 1. The molecule has 2 nitrogen and oxygen atoms in total. The van der Waals surface area contributed by atoms with Crippen LogP contribution in [0.25, 0.3) is 0 Å². The van der Waals surface area contributed by atoms with Gasteiger partial charge in [-0.05, 0) is 39.6 Å². The zero-order chi connectivity index (χ0) is 10.1. The molecule has 0 rings (SSSR count). The van der Waals surface area contributed by atoms with Gasteiger partial charge in [-0.25, -0.2) is 4.99 Å². The average Bonchev–Trinajstić information content (AvgIpc) is 2.16. The molecular weight excluding hydrogens is 187 g/mol. The predicted molar refractivity (Wildman–Crippen MR) is 59.0 cm³/mol. The summed E-state index contributed by atoms with van der Waals surface area (Å²) >= 11 is 1.38. The summed E-state index contributed by atoms with van der Waals surface area (Å²) in [7, 11) is 1.90. The van der Waals surface area contributed by atoms with Crippen molar-refractivity contribution in [2.75, 3.05) is 19.8 Å². The number of nitrogens with zero attached hydrogens (tertiary/aromatic N) is 1. The van der Waals surface area contributed by atoms with Crippen molar-refractivity contribution in [3.63, 3.8) is 0 Å². The smallest absolute Gasteiger partial charge is 0.221 e. The maximum atomic E-state index is 13.0. The Balaban J connectivity index is 3.71. The van der Waals surface area contributed by atoms with E-state index < -0.39 is 0 Å². The number of rotatable bonds is 6. The molecule has 76 valence electrons. The van der Waals surface area contributed by atoms with Gasteiger partial charge in [0.25, 0.3) is 0 Å². The highest BCUT2D eigenvalue weighted by molar-refractivity contribution is 8.02. The van der Waals surface area contributed by atoms with E-state index in [1.807, 2.05) is 13.3 Å². The van der Waals surface area contributed by atoms with Gasteiger partial charge in [-0.3, -0.25) is 0 Å². The van der Waals surface area contributed by atoms with Gasteiger partial charge in [-0.1, -0.05) is 0 Å². The molecule has 0 spiro atoms.